The van der Waals surface area contributed by atoms with Gasteiger partial charge in [-0.1, -0.05) is 0 Å². The van der Waals surface area contributed by atoms with Crippen molar-refractivity contribution >= 4 is 17.3 Å². The molecule has 0 aliphatic heterocycles. The molecule has 1 aromatic carbocycles. The summed E-state index contributed by atoms with van der Waals surface area (Å²) in [5.41, 5.74) is 0.645. The molecule has 2 rings (SSSR count). The summed E-state index contributed by atoms with van der Waals surface area (Å²) in [5.74, 6) is -0.896. The number of pyridine rings is 1. The van der Waals surface area contributed by atoms with Crippen LogP contribution in [0.2, 0.25) is 0 Å². The fraction of sp³-hybridized carbons (Fsp3) is 0.0769. The molecular formula is C13H11N3O4. The number of nitro groups is 1. The van der Waals surface area contributed by atoms with E-state index in [1.807, 2.05) is 0 Å². The predicted molar refractivity (Wildman–Crippen MR) is 71.7 cm³/mol. The second-order valence-electron chi connectivity index (χ2n) is 4.10. The van der Waals surface area contributed by atoms with E-state index in [9.17, 15) is 20.0 Å². The third-order valence-electron chi connectivity index (χ3n) is 2.71. The fourth-order valence-corrected chi connectivity index (χ4v) is 1.65. The van der Waals surface area contributed by atoms with Crippen molar-refractivity contribution in [2.45, 2.75) is 6.92 Å². The SMILES string of the molecule is Cc1ccncc1NC(=O)c1cc(O)ccc1[N+](=O)[O-]. The van der Waals surface area contributed by atoms with E-state index < -0.39 is 10.8 Å². The molecule has 1 heterocycles. The number of anilines is 1. The Morgan fingerprint density at radius 1 is 1.40 bits per heavy atom. The number of nitrogens with one attached hydrogen (secondary N) is 1. The number of amides is 1. The molecule has 0 aliphatic carbocycles. The minimum Gasteiger partial charge on any atom is -0.508 e. The molecule has 102 valence electrons. The first-order chi connectivity index (χ1) is 9.49. The minimum atomic E-state index is -0.677. The molecule has 1 amide bonds. The first kappa shape index (κ1) is 13.5. The van der Waals surface area contributed by atoms with Gasteiger partial charge in [-0.15, -0.1) is 0 Å². The van der Waals surface area contributed by atoms with E-state index >= 15 is 0 Å². The van der Waals surface area contributed by atoms with Gasteiger partial charge in [0.1, 0.15) is 11.3 Å². The van der Waals surface area contributed by atoms with Crippen LogP contribution in [0, 0.1) is 17.0 Å². The third-order valence-corrected chi connectivity index (χ3v) is 2.71. The second kappa shape index (κ2) is 5.35. The van der Waals surface area contributed by atoms with E-state index in [1.165, 1.54) is 6.20 Å². The van der Waals surface area contributed by atoms with Crippen molar-refractivity contribution in [1.29, 1.82) is 0 Å². The molecule has 0 bridgehead atoms. The van der Waals surface area contributed by atoms with Crippen molar-refractivity contribution in [3.8, 4) is 5.75 Å². The highest BCUT2D eigenvalue weighted by Crippen LogP contribution is 2.24. The summed E-state index contributed by atoms with van der Waals surface area (Å²) in [6, 6.07) is 5.00. The van der Waals surface area contributed by atoms with Crippen LogP contribution in [0.25, 0.3) is 0 Å². The molecule has 0 atom stereocenters. The largest absolute Gasteiger partial charge is 0.508 e. The Balaban J connectivity index is 2.37. The lowest BCUT2D eigenvalue weighted by molar-refractivity contribution is -0.385. The summed E-state index contributed by atoms with van der Waals surface area (Å²) in [6.07, 6.45) is 3.02. The minimum absolute atomic E-state index is 0.210. The monoisotopic (exact) mass is 273 g/mol. The molecule has 0 unspecified atom stereocenters. The Labute approximate surface area is 114 Å². The summed E-state index contributed by atoms with van der Waals surface area (Å²) in [6.45, 7) is 1.77. The lowest BCUT2D eigenvalue weighted by Gasteiger charge is -2.08. The third kappa shape index (κ3) is 2.72. The van der Waals surface area contributed by atoms with Crippen molar-refractivity contribution < 1.29 is 14.8 Å². The first-order valence-electron chi connectivity index (χ1n) is 5.68. The van der Waals surface area contributed by atoms with E-state index in [2.05, 4.69) is 10.3 Å². The number of benzene rings is 1. The lowest BCUT2D eigenvalue weighted by atomic mass is 10.1. The topological polar surface area (TPSA) is 105 Å². The van der Waals surface area contributed by atoms with Crippen LogP contribution in [-0.2, 0) is 0 Å². The maximum absolute atomic E-state index is 12.1. The van der Waals surface area contributed by atoms with Gasteiger partial charge in [0.05, 0.1) is 16.8 Å². The van der Waals surface area contributed by atoms with Crippen LogP contribution in [0.5, 0.6) is 5.75 Å². The number of phenolic OH excluding ortho intramolecular Hbond substituents is 1. The van der Waals surface area contributed by atoms with Crippen molar-refractivity contribution in [1.82, 2.24) is 4.98 Å². The molecule has 1 aromatic heterocycles. The summed E-state index contributed by atoms with van der Waals surface area (Å²) < 4.78 is 0. The molecule has 7 heteroatoms. The van der Waals surface area contributed by atoms with Gasteiger partial charge in [-0.25, -0.2) is 0 Å². The van der Waals surface area contributed by atoms with Crippen molar-refractivity contribution in [3.63, 3.8) is 0 Å². The Hall–Kier alpha value is -2.96. The predicted octanol–water partition coefficient (Wildman–Crippen LogP) is 2.26. The number of phenols is 1. The fourth-order valence-electron chi connectivity index (χ4n) is 1.65. The van der Waals surface area contributed by atoms with Crippen LogP contribution in [-0.4, -0.2) is 20.9 Å². The molecule has 2 N–H and O–H groups in total. The summed E-state index contributed by atoms with van der Waals surface area (Å²) >= 11 is 0. The Morgan fingerprint density at radius 2 is 2.15 bits per heavy atom. The molecule has 0 radical (unpaired) electrons. The highest BCUT2D eigenvalue weighted by atomic mass is 16.6. The molecule has 0 saturated heterocycles. The number of carbonyl (C=O) groups is 1. The van der Waals surface area contributed by atoms with Crippen LogP contribution in [0.3, 0.4) is 0 Å². The molecule has 2 aromatic rings. The van der Waals surface area contributed by atoms with Gasteiger partial charge in [0.25, 0.3) is 11.6 Å². The average Bonchev–Trinajstić information content (AvgIpc) is 2.40. The molecule has 20 heavy (non-hydrogen) atoms. The number of nitro benzene ring substituents is 1. The number of hydrogen-bond donors (Lipinski definition) is 2. The van der Waals surface area contributed by atoms with Gasteiger partial charge in [-0.3, -0.25) is 19.9 Å². The van der Waals surface area contributed by atoms with Crippen LogP contribution in [0.4, 0.5) is 11.4 Å². The van der Waals surface area contributed by atoms with E-state index in [4.69, 9.17) is 0 Å². The summed E-state index contributed by atoms with van der Waals surface area (Å²) in [5, 5.41) is 22.8. The van der Waals surface area contributed by atoms with E-state index in [-0.39, 0.29) is 17.0 Å². The summed E-state index contributed by atoms with van der Waals surface area (Å²) in [7, 11) is 0. The number of nitrogens with zero attached hydrogens (tertiary/aromatic N) is 2. The average molecular weight is 273 g/mol. The standard InChI is InChI=1S/C13H11N3O4/c1-8-4-5-14-7-11(8)15-13(18)10-6-9(17)2-3-12(10)16(19)20/h2-7,17H,1H3,(H,15,18). The Bertz CT molecular complexity index is 685. The Kier molecular flexibility index (Phi) is 3.60. The van der Waals surface area contributed by atoms with Crippen LogP contribution in [0.1, 0.15) is 15.9 Å². The Morgan fingerprint density at radius 3 is 2.80 bits per heavy atom. The normalized spacial score (nSPS) is 10.1. The highest BCUT2D eigenvalue weighted by molar-refractivity contribution is 6.07. The molecule has 0 aliphatic rings. The first-order valence-corrected chi connectivity index (χ1v) is 5.68. The van der Waals surface area contributed by atoms with Crippen molar-refractivity contribution in [2.24, 2.45) is 0 Å². The zero-order valence-electron chi connectivity index (χ0n) is 10.5. The van der Waals surface area contributed by atoms with E-state index in [0.717, 1.165) is 23.8 Å². The van der Waals surface area contributed by atoms with Gasteiger partial charge in [0.15, 0.2) is 0 Å². The number of rotatable bonds is 3. The number of aromatic hydroxyl groups is 1. The second-order valence-corrected chi connectivity index (χ2v) is 4.10. The van der Waals surface area contributed by atoms with E-state index in [1.54, 1.807) is 19.2 Å². The van der Waals surface area contributed by atoms with Crippen molar-refractivity contribution in [2.75, 3.05) is 5.32 Å². The van der Waals surface area contributed by atoms with Crippen LogP contribution >= 0.6 is 0 Å². The quantitative estimate of drug-likeness (QED) is 0.659. The van der Waals surface area contributed by atoms with E-state index in [0.29, 0.717) is 5.69 Å². The molecule has 0 spiro atoms. The van der Waals surface area contributed by atoms with Gasteiger partial charge < -0.3 is 10.4 Å². The lowest BCUT2D eigenvalue weighted by Crippen LogP contribution is -2.14. The highest BCUT2D eigenvalue weighted by Gasteiger charge is 2.21. The number of carbonyl (C=O) groups excluding carboxylic acids is 1. The van der Waals surface area contributed by atoms with Gasteiger partial charge in [-0.2, -0.15) is 0 Å². The molecule has 0 saturated carbocycles. The maximum atomic E-state index is 12.1. The molecule has 7 nitrogen and oxygen atoms in total. The maximum Gasteiger partial charge on any atom is 0.282 e. The van der Waals surface area contributed by atoms with Gasteiger partial charge in [-0.05, 0) is 30.7 Å². The smallest absolute Gasteiger partial charge is 0.282 e. The zero-order chi connectivity index (χ0) is 14.7. The van der Waals surface area contributed by atoms with Gasteiger partial charge >= 0.3 is 0 Å². The summed E-state index contributed by atoms with van der Waals surface area (Å²) in [4.78, 5) is 26.2. The number of hydrogen-bond acceptors (Lipinski definition) is 5. The van der Waals surface area contributed by atoms with Gasteiger partial charge in [0, 0.05) is 12.3 Å². The zero-order valence-corrected chi connectivity index (χ0v) is 10.5. The molecule has 0 fully saturated rings. The van der Waals surface area contributed by atoms with Gasteiger partial charge in [0.2, 0.25) is 0 Å². The van der Waals surface area contributed by atoms with Crippen LogP contribution in [0.15, 0.2) is 36.7 Å². The molecular weight excluding hydrogens is 262 g/mol. The number of aryl methyl sites for hydroxylation is 1. The van der Waals surface area contributed by atoms with Crippen molar-refractivity contribution in [3.05, 3.63) is 57.9 Å². The number of aromatic nitrogens is 1. The van der Waals surface area contributed by atoms with Crippen LogP contribution < -0.4 is 5.32 Å².